The van der Waals surface area contributed by atoms with Crippen molar-refractivity contribution >= 4 is 11.7 Å². The number of benzene rings is 1. The quantitative estimate of drug-likeness (QED) is 0.698. The van der Waals surface area contributed by atoms with Gasteiger partial charge in [-0.05, 0) is 37.1 Å². The molecule has 0 radical (unpaired) electrons. The van der Waals surface area contributed by atoms with Crippen LogP contribution < -0.4 is 5.32 Å². The molecular weight excluding hydrogens is 280 g/mol. The predicted molar refractivity (Wildman–Crippen MR) is 84.8 cm³/mol. The van der Waals surface area contributed by atoms with Crippen LogP contribution in [0.15, 0.2) is 30.3 Å². The van der Waals surface area contributed by atoms with Crippen molar-refractivity contribution < 1.29 is 15.0 Å². The van der Waals surface area contributed by atoms with Gasteiger partial charge in [-0.15, -0.1) is 0 Å². The number of hydrogen-bond donors (Lipinski definition) is 4. The number of H-pyrrole nitrogens is 1. The monoisotopic (exact) mass is 300 g/mol. The van der Waals surface area contributed by atoms with Crippen LogP contribution in [0.2, 0.25) is 0 Å². The van der Waals surface area contributed by atoms with Crippen molar-refractivity contribution in [3.8, 4) is 22.8 Å². The fourth-order valence-corrected chi connectivity index (χ4v) is 2.97. The van der Waals surface area contributed by atoms with Crippen LogP contribution in [0, 0.1) is 5.92 Å². The Morgan fingerprint density at radius 1 is 1.09 bits per heavy atom. The molecule has 0 saturated heterocycles. The molecule has 1 amide bonds. The Kier molecular flexibility index (Phi) is 4.04. The molecule has 5 nitrogen and oxygen atoms in total. The van der Waals surface area contributed by atoms with Crippen molar-refractivity contribution in [1.29, 1.82) is 0 Å². The van der Waals surface area contributed by atoms with Crippen LogP contribution in [0.4, 0.5) is 5.82 Å². The third-order valence-corrected chi connectivity index (χ3v) is 4.19. The summed E-state index contributed by atoms with van der Waals surface area (Å²) in [6.45, 7) is 0. The van der Waals surface area contributed by atoms with Gasteiger partial charge in [-0.25, -0.2) is 0 Å². The number of carbonyl (C=O) groups is 1. The topological polar surface area (TPSA) is 85.3 Å². The van der Waals surface area contributed by atoms with E-state index in [1.165, 1.54) is 18.6 Å². The lowest BCUT2D eigenvalue weighted by atomic mass is 9.89. The summed E-state index contributed by atoms with van der Waals surface area (Å²) >= 11 is 0. The number of nitrogens with one attached hydrogen (secondary N) is 2. The van der Waals surface area contributed by atoms with Gasteiger partial charge in [-0.3, -0.25) is 4.79 Å². The second-order valence-electron chi connectivity index (χ2n) is 5.81. The van der Waals surface area contributed by atoms with Crippen molar-refractivity contribution in [3.63, 3.8) is 0 Å². The summed E-state index contributed by atoms with van der Waals surface area (Å²) in [6, 6.07) is 8.00. The van der Waals surface area contributed by atoms with Crippen molar-refractivity contribution in [1.82, 2.24) is 4.98 Å². The molecule has 0 aliphatic heterocycles. The molecule has 1 aliphatic rings. The smallest absolute Gasteiger partial charge is 0.228 e. The highest BCUT2D eigenvalue weighted by Gasteiger charge is 2.21. The van der Waals surface area contributed by atoms with Crippen LogP contribution in [0.1, 0.15) is 32.1 Å². The zero-order chi connectivity index (χ0) is 15.5. The molecular formula is C17H20N2O3. The number of phenolic OH excluding ortho intramolecular Hbond substituents is 2. The third-order valence-electron chi connectivity index (χ3n) is 4.19. The van der Waals surface area contributed by atoms with Crippen molar-refractivity contribution in [2.75, 3.05) is 5.32 Å². The van der Waals surface area contributed by atoms with E-state index in [1.807, 2.05) is 0 Å². The van der Waals surface area contributed by atoms with Gasteiger partial charge < -0.3 is 20.5 Å². The first-order valence-electron chi connectivity index (χ1n) is 7.66. The summed E-state index contributed by atoms with van der Waals surface area (Å²) in [5, 5.41) is 22.1. The summed E-state index contributed by atoms with van der Waals surface area (Å²) in [5.41, 5.74) is 1.27. The number of aromatic hydroxyl groups is 2. The Hall–Kier alpha value is -2.43. The van der Waals surface area contributed by atoms with E-state index >= 15 is 0 Å². The summed E-state index contributed by atoms with van der Waals surface area (Å²) in [7, 11) is 0. The lowest BCUT2D eigenvalue weighted by Gasteiger charge is -2.20. The second kappa shape index (κ2) is 6.13. The average Bonchev–Trinajstić information content (AvgIpc) is 2.96. The molecule has 1 heterocycles. The van der Waals surface area contributed by atoms with E-state index in [0.29, 0.717) is 17.1 Å². The van der Waals surface area contributed by atoms with Crippen molar-refractivity contribution in [2.24, 2.45) is 5.92 Å². The average molecular weight is 300 g/mol. The van der Waals surface area contributed by atoms with Gasteiger partial charge in [0.1, 0.15) is 17.3 Å². The van der Waals surface area contributed by atoms with Gasteiger partial charge in [0.15, 0.2) is 0 Å². The molecule has 1 fully saturated rings. The molecule has 0 unspecified atom stereocenters. The lowest BCUT2D eigenvalue weighted by Crippen LogP contribution is -2.24. The zero-order valence-corrected chi connectivity index (χ0v) is 12.3. The first kappa shape index (κ1) is 14.5. The Bertz CT molecular complexity index is 672. The van der Waals surface area contributed by atoms with Gasteiger partial charge in [0, 0.05) is 17.5 Å². The summed E-state index contributed by atoms with van der Waals surface area (Å²) < 4.78 is 0. The van der Waals surface area contributed by atoms with Crippen LogP contribution >= 0.6 is 0 Å². The van der Waals surface area contributed by atoms with Gasteiger partial charge in [0.25, 0.3) is 0 Å². The van der Waals surface area contributed by atoms with Crippen LogP contribution in [0.3, 0.4) is 0 Å². The van der Waals surface area contributed by atoms with Gasteiger partial charge in [0.05, 0.1) is 5.69 Å². The molecule has 0 atom stereocenters. The largest absolute Gasteiger partial charge is 0.508 e. The first-order chi connectivity index (χ1) is 10.6. The van der Waals surface area contributed by atoms with Crippen LogP contribution in [0.25, 0.3) is 11.3 Å². The van der Waals surface area contributed by atoms with Gasteiger partial charge in [-0.2, -0.15) is 0 Å². The highest BCUT2D eigenvalue weighted by molar-refractivity contribution is 5.92. The predicted octanol–water partition coefficient (Wildman–Crippen LogP) is 3.61. The highest BCUT2D eigenvalue weighted by Crippen LogP contribution is 2.32. The Labute approximate surface area is 129 Å². The minimum Gasteiger partial charge on any atom is -0.508 e. The molecule has 116 valence electrons. The van der Waals surface area contributed by atoms with Gasteiger partial charge >= 0.3 is 0 Å². The number of rotatable bonds is 3. The van der Waals surface area contributed by atoms with E-state index in [1.54, 1.807) is 18.2 Å². The van der Waals surface area contributed by atoms with E-state index in [-0.39, 0.29) is 23.3 Å². The van der Waals surface area contributed by atoms with Gasteiger partial charge in [-0.1, -0.05) is 19.3 Å². The van der Waals surface area contributed by atoms with E-state index in [0.717, 1.165) is 25.7 Å². The molecule has 0 spiro atoms. The normalized spacial score (nSPS) is 15.6. The highest BCUT2D eigenvalue weighted by atomic mass is 16.3. The molecule has 5 heteroatoms. The molecule has 22 heavy (non-hydrogen) atoms. The second-order valence-corrected chi connectivity index (χ2v) is 5.81. The summed E-state index contributed by atoms with van der Waals surface area (Å²) in [4.78, 5) is 15.3. The van der Waals surface area contributed by atoms with E-state index in [2.05, 4.69) is 10.3 Å². The minimum absolute atomic E-state index is 0.00740. The standard InChI is InChI=1S/C17H20N2O3/c20-12-6-7-13(15(21)10-12)14-8-9-16(18-14)19-17(22)11-4-2-1-3-5-11/h6-11,18,20-21H,1-5H2,(H,19,22). The molecule has 0 bridgehead atoms. The van der Waals surface area contributed by atoms with E-state index < -0.39 is 0 Å². The molecule has 1 saturated carbocycles. The lowest BCUT2D eigenvalue weighted by molar-refractivity contribution is -0.120. The van der Waals surface area contributed by atoms with Crippen LogP contribution in [-0.4, -0.2) is 21.1 Å². The zero-order valence-electron chi connectivity index (χ0n) is 12.3. The third kappa shape index (κ3) is 3.08. The molecule has 4 N–H and O–H groups in total. The van der Waals surface area contributed by atoms with Gasteiger partial charge in [0.2, 0.25) is 5.91 Å². The fourth-order valence-electron chi connectivity index (χ4n) is 2.97. The molecule has 1 aromatic carbocycles. The Morgan fingerprint density at radius 2 is 1.86 bits per heavy atom. The maximum atomic E-state index is 12.2. The maximum Gasteiger partial charge on any atom is 0.228 e. The molecule has 2 aromatic rings. The summed E-state index contributed by atoms with van der Waals surface area (Å²) in [6.07, 6.45) is 5.37. The van der Waals surface area contributed by atoms with E-state index in [9.17, 15) is 15.0 Å². The van der Waals surface area contributed by atoms with E-state index in [4.69, 9.17) is 0 Å². The molecule has 1 aliphatic carbocycles. The number of aromatic nitrogens is 1. The Morgan fingerprint density at radius 3 is 2.59 bits per heavy atom. The maximum absolute atomic E-state index is 12.2. The van der Waals surface area contributed by atoms with Crippen molar-refractivity contribution in [3.05, 3.63) is 30.3 Å². The number of hydrogen-bond acceptors (Lipinski definition) is 3. The number of carbonyl (C=O) groups excluding carboxylic acids is 1. The molecule has 3 rings (SSSR count). The Balaban J connectivity index is 1.72. The minimum atomic E-state index is -0.00740. The van der Waals surface area contributed by atoms with Crippen molar-refractivity contribution in [2.45, 2.75) is 32.1 Å². The number of amides is 1. The number of aromatic amines is 1. The summed E-state index contributed by atoms with van der Waals surface area (Å²) in [5.74, 6) is 0.786. The number of anilines is 1. The van der Waals surface area contributed by atoms with Crippen LogP contribution in [0.5, 0.6) is 11.5 Å². The molecule has 1 aromatic heterocycles. The number of phenols is 2. The first-order valence-corrected chi connectivity index (χ1v) is 7.66. The fraction of sp³-hybridized carbons (Fsp3) is 0.353. The SMILES string of the molecule is O=C(Nc1ccc(-c2ccc(O)cc2O)[nH]1)C1CCCCC1. The van der Waals surface area contributed by atoms with Crippen LogP contribution in [-0.2, 0) is 4.79 Å².